The lowest BCUT2D eigenvalue weighted by Crippen LogP contribution is -2.41. The summed E-state index contributed by atoms with van der Waals surface area (Å²) in [5.74, 6) is 0.533. The molecule has 0 radical (unpaired) electrons. The van der Waals surface area contributed by atoms with Gasteiger partial charge in [0.25, 0.3) is 0 Å². The van der Waals surface area contributed by atoms with Gasteiger partial charge < -0.3 is 15.0 Å². The van der Waals surface area contributed by atoms with Gasteiger partial charge in [0.15, 0.2) is 0 Å². The first-order valence-corrected chi connectivity index (χ1v) is 9.33. The third-order valence-electron chi connectivity index (χ3n) is 4.76. The summed E-state index contributed by atoms with van der Waals surface area (Å²) in [6.45, 7) is 3.96. The summed E-state index contributed by atoms with van der Waals surface area (Å²) in [5.41, 5.74) is 3.58. The number of carbonyl (C=O) groups is 1. The Kier molecular flexibility index (Phi) is 5.18. The summed E-state index contributed by atoms with van der Waals surface area (Å²) in [5, 5.41) is 11.4. The van der Waals surface area contributed by atoms with Crippen LogP contribution in [-0.2, 0) is 26.1 Å². The minimum atomic E-state index is -0.120. The highest BCUT2D eigenvalue weighted by Gasteiger charge is 2.25. The molecule has 2 aromatic heterocycles. The molecule has 0 saturated carbocycles. The number of pyridine rings is 1. The molecule has 3 aromatic rings. The molecule has 0 saturated heterocycles. The third-order valence-corrected chi connectivity index (χ3v) is 4.76. The summed E-state index contributed by atoms with van der Waals surface area (Å²) in [4.78, 5) is 18.7. The molecular formula is C20H22N6O2. The first-order valence-electron chi connectivity index (χ1n) is 9.33. The Hall–Kier alpha value is -3.42. The Morgan fingerprint density at radius 3 is 2.86 bits per heavy atom. The van der Waals surface area contributed by atoms with Crippen LogP contribution in [0.3, 0.4) is 0 Å². The van der Waals surface area contributed by atoms with Crippen LogP contribution >= 0.6 is 0 Å². The van der Waals surface area contributed by atoms with Gasteiger partial charge in [0.2, 0.25) is 5.88 Å². The number of ether oxygens (including phenoxy) is 1. The Balaban J connectivity index is 1.44. The second-order valence-electron chi connectivity index (χ2n) is 6.53. The van der Waals surface area contributed by atoms with Crippen molar-refractivity contribution in [1.29, 1.82) is 0 Å². The monoisotopic (exact) mass is 378 g/mol. The predicted octanol–water partition coefficient (Wildman–Crippen LogP) is 2.86. The summed E-state index contributed by atoms with van der Waals surface area (Å²) in [7, 11) is 0. The van der Waals surface area contributed by atoms with Gasteiger partial charge in [-0.2, -0.15) is 0 Å². The summed E-state index contributed by atoms with van der Waals surface area (Å²) >= 11 is 0. The van der Waals surface area contributed by atoms with E-state index in [0.717, 1.165) is 29.1 Å². The smallest absolute Gasteiger partial charge is 0.322 e. The number of rotatable bonds is 5. The number of amides is 2. The van der Waals surface area contributed by atoms with Crippen molar-refractivity contribution in [3.63, 3.8) is 0 Å². The number of aromatic nitrogens is 4. The molecule has 144 valence electrons. The van der Waals surface area contributed by atoms with Gasteiger partial charge >= 0.3 is 6.03 Å². The van der Waals surface area contributed by atoms with E-state index < -0.39 is 0 Å². The highest BCUT2D eigenvalue weighted by molar-refractivity contribution is 5.90. The van der Waals surface area contributed by atoms with Crippen LogP contribution in [0.2, 0.25) is 0 Å². The fraction of sp³-hybridized carbons (Fsp3) is 0.300. The molecule has 4 rings (SSSR count). The molecule has 8 heteroatoms. The van der Waals surface area contributed by atoms with Crippen LogP contribution < -0.4 is 10.1 Å². The standard InChI is InChI=1S/C20H22N6O2/c1-2-15-7-3-4-8-16(15)22-20(27)25-11-12-26-18(13-25)17(23-24-26)14-28-19-9-5-6-10-21-19/h3-10H,2,11-14H2,1H3,(H,22,27). The van der Waals surface area contributed by atoms with Crippen molar-refractivity contribution in [2.75, 3.05) is 11.9 Å². The van der Waals surface area contributed by atoms with Crippen LogP contribution in [0.4, 0.5) is 10.5 Å². The quantitative estimate of drug-likeness (QED) is 0.738. The first-order chi connectivity index (χ1) is 13.7. The molecule has 8 nitrogen and oxygen atoms in total. The second-order valence-corrected chi connectivity index (χ2v) is 6.53. The Morgan fingerprint density at radius 1 is 1.18 bits per heavy atom. The highest BCUT2D eigenvalue weighted by Crippen LogP contribution is 2.20. The van der Waals surface area contributed by atoms with Crippen molar-refractivity contribution in [3.8, 4) is 5.88 Å². The third kappa shape index (κ3) is 3.80. The van der Waals surface area contributed by atoms with E-state index in [2.05, 4.69) is 27.5 Å². The minimum Gasteiger partial charge on any atom is -0.471 e. The van der Waals surface area contributed by atoms with E-state index in [9.17, 15) is 4.79 Å². The molecule has 1 N–H and O–H groups in total. The molecule has 1 aliphatic heterocycles. The number of para-hydroxylation sites is 1. The Bertz CT molecular complexity index is 956. The van der Waals surface area contributed by atoms with E-state index >= 15 is 0 Å². The Labute approximate surface area is 163 Å². The number of hydrogen-bond donors (Lipinski definition) is 1. The van der Waals surface area contributed by atoms with Crippen molar-refractivity contribution in [2.45, 2.75) is 33.0 Å². The number of fused-ring (bicyclic) bond motifs is 1. The number of nitrogens with one attached hydrogen (secondary N) is 1. The average Bonchev–Trinajstić information content (AvgIpc) is 3.15. The average molecular weight is 378 g/mol. The summed E-state index contributed by atoms with van der Waals surface area (Å²) < 4.78 is 7.53. The van der Waals surface area contributed by atoms with Crippen molar-refractivity contribution in [1.82, 2.24) is 24.9 Å². The topological polar surface area (TPSA) is 85.2 Å². The van der Waals surface area contributed by atoms with Gasteiger partial charge in [0.05, 0.1) is 18.8 Å². The van der Waals surface area contributed by atoms with Crippen LogP contribution in [0.5, 0.6) is 5.88 Å². The molecule has 0 atom stereocenters. The van der Waals surface area contributed by atoms with Gasteiger partial charge in [-0.05, 0) is 24.1 Å². The SMILES string of the molecule is CCc1ccccc1NC(=O)N1CCn2nnc(COc3ccccn3)c2C1. The first kappa shape index (κ1) is 18.0. The second kappa shape index (κ2) is 8.08. The van der Waals surface area contributed by atoms with Gasteiger partial charge in [0.1, 0.15) is 12.3 Å². The number of anilines is 1. The van der Waals surface area contributed by atoms with Crippen LogP contribution in [0, 0.1) is 0 Å². The van der Waals surface area contributed by atoms with Crippen molar-refractivity contribution < 1.29 is 9.53 Å². The van der Waals surface area contributed by atoms with Crippen LogP contribution in [0.15, 0.2) is 48.7 Å². The number of nitrogens with zero attached hydrogens (tertiary/aromatic N) is 5. The van der Waals surface area contributed by atoms with Gasteiger partial charge in [-0.15, -0.1) is 5.10 Å². The lowest BCUT2D eigenvalue weighted by atomic mass is 10.1. The van der Waals surface area contributed by atoms with Crippen LogP contribution in [0.1, 0.15) is 23.9 Å². The molecule has 0 spiro atoms. The van der Waals surface area contributed by atoms with E-state index in [0.29, 0.717) is 25.5 Å². The van der Waals surface area contributed by atoms with Gasteiger partial charge in [-0.25, -0.2) is 14.5 Å². The van der Waals surface area contributed by atoms with Crippen molar-refractivity contribution in [2.24, 2.45) is 0 Å². The molecule has 1 aliphatic rings. The molecule has 0 fully saturated rings. The maximum atomic E-state index is 12.8. The van der Waals surface area contributed by atoms with Gasteiger partial charge in [-0.1, -0.05) is 36.4 Å². The van der Waals surface area contributed by atoms with E-state index in [4.69, 9.17) is 4.74 Å². The van der Waals surface area contributed by atoms with E-state index in [1.165, 1.54) is 0 Å². The largest absolute Gasteiger partial charge is 0.471 e. The zero-order chi connectivity index (χ0) is 19.3. The zero-order valence-electron chi connectivity index (χ0n) is 15.7. The maximum Gasteiger partial charge on any atom is 0.322 e. The van der Waals surface area contributed by atoms with E-state index in [-0.39, 0.29) is 12.6 Å². The Morgan fingerprint density at radius 2 is 2.04 bits per heavy atom. The zero-order valence-corrected chi connectivity index (χ0v) is 15.7. The normalized spacial score (nSPS) is 13.1. The summed E-state index contributed by atoms with van der Waals surface area (Å²) in [6.07, 6.45) is 2.54. The van der Waals surface area contributed by atoms with E-state index in [1.54, 1.807) is 17.2 Å². The molecule has 0 aliphatic carbocycles. The van der Waals surface area contributed by atoms with E-state index in [1.807, 2.05) is 41.1 Å². The summed E-state index contributed by atoms with van der Waals surface area (Å²) in [6, 6.07) is 13.2. The highest BCUT2D eigenvalue weighted by atomic mass is 16.5. The lowest BCUT2D eigenvalue weighted by molar-refractivity contribution is 0.193. The molecule has 3 heterocycles. The van der Waals surface area contributed by atoms with Gasteiger partial charge in [-0.3, -0.25) is 0 Å². The number of aryl methyl sites for hydroxylation is 1. The molecule has 28 heavy (non-hydrogen) atoms. The minimum absolute atomic E-state index is 0.120. The molecule has 1 aromatic carbocycles. The molecule has 0 unspecified atom stereocenters. The molecule has 2 amide bonds. The number of urea groups is 1. The fourth-order valence-corrected chi connectivity index (χ4v) is 3.20. The van der Waals surface area contributed by atoms with Crippen molar-refractivity contribution in [3.05, 3.63) is 65.6 Å². The number of benzene rings is 1. The predicted molar refractivity (Wildman–Crippen MR) is 104 cm³/mol. The molecular weight excluding hydrogens is 356 g/mol. The fourth-order valence-electron chi connectivity index (χ4n) is 3.20. The van der Waals surface area contributed by atoms with Crippen LogP contribution in [-0.4, -0.2) is 37.5 Å². The number of carbonyl (C=O) groups excluding carboxylic acids is 1. The van der Waals surface area contributed by atoms with Crippen LogP contribution in [0.25, 0.3) is 0 Å². The number of hydrogen-bond acceptors (Lipinski definition) is 5. The maximum absolute atomic E-state index is 12.8. The van der Waals surface area contributed by atoms with Gasteiger partial charge in [0, 0.05) is 24.5 Å². The molecule has 0 bridgehead atoms. The van der Waals surface area contributed by atoms with Crippen molar-refractivity contribution >= 4 is 11.7 Å². The lowest BCUT2D eigenvalue weighted by Gasteiger charge is -2.28.